The summed E-state index contributed by atoms with van der Waals surface area (Å²) in [6, 6.07) is 8.96. The Balaban J connectivity index is 2.93. The number of hydrogen-bond donors (Lipinski definition) is 1. The Hall–Kier alpha value is -2.04. The molecular formula is C14H20N2O3. The van der Waals surface area contributed by atoms with Crippen molar-refractivity contribution in [2.45, 2.75) is 26.4 Å². The number of nitrogens with zero attached hydrogens (tertiary/aromatic N) is 1. The van der Waals surface area contributed by atoms with Crippen LogP contribution in [0.25, 0.3) is 0 Å². The molecule has 1 aromatic rings. The van der Waals surface area contributed by atoms with Crippen LogP contribution in [0.1, 0.15) is 20.8 Å². The molecule has 0 aliphatic carbocycles. The minimum Gasteiger partial charge on any atom is -0.443 e. The van der Waals surface area contributed by atoms with E-state index < -0.39 is 11.7 Å². The summed E-state index contributed by atoms with van der Waals surface area (Å²) in [4.78, 5) is 24.9. The molecule has 0 heterocycles. The van der Waals surface area contributed by atoms with Crippen molar-refractivity contribution in [3.63, 3.8) is 0 Å². The van der Waals surface area contributed by atoms with Crippen LogP contribution in [0.2, 0.25) is 0 Å². The van der Waals surface area contributed by atoms with Gasteiger partial charge in [-0.25, -0.2) is 4.79 Å². The third-order valence-corrected chi connectivity index (χ3v) is 2.26. The van der Waals surface area contributed by atoms with Crippen LogP contribution in [0, 0.1) is 0 Å². The zero-order valence-electron chi connectivity index (χ0n) is 11.8. The van der Waals surface area contributed by atoms with Gasteiger partial charge in [-0.3, -0.25) is 9.69 Å². The highest BCUT2D eigenvalue weighted by molar-refractivity contribution is 5.94. The lowest BCUT2D eigenvalue weighted by Gasteiger charge is -2.26. The number of para-hydroxylation sites is 1. The van der Waals surface area contributed by atoms with Crippen LogP contribution in [0.3, 0.4) is 0 Å². The van der Waals surface area contributed by atoms with Gasteiger partial charge in [0.2, 0.25) is 5.91 Å². The first-order chi connectivity index (χ1) is 8.83. The van der Waals surface area contributed by atoms with Crippen molar-refractivity contribution in [1.29, 1.82) is 0 Å². The molecule has 0 saturated carbocycles. The molecule has 5 heteroatoms. The van der Waals surface area contributed by atoms with Crippen LogP contribution < -0.4 is 10.2 Å². The molecule has 19 heavy (non-hydrogen) atoms. The van der Waals surface area contributed by atoms with E-state index in [2.05, 4.69) is 5.32 Å². The van der Waals surface area contributed by atoms with Gasteiger partial charge in [-0.1, -0.05) is 18.2 Å². The van der Waals surface area contributed by atoms with Gasteiger partial charge in [0.25, 0.3) is 0 Å². The van der Waals surface area contributed by atoms with Crippen molar-refractivity contribution >= 4 is 17.7 Å². The van der Waals surface area contributed by atoms with Gasteiger partial charge in [-0.15, -0.1) is 0 Å². The summed E-state index contributed by atoms with van der Waals surface area (Å²) < 4.78 is 5.31. The Bertz CT molecular complexity index is 438. The first kappa shape index (κ1) is 15.0. The summed E-state index contributed by atoms with van der Waals surface area (Å²) in [6.07, 6.45) is -0.540. The Morgan fingerprint density at radius 3 is 2.26 bits per heavy atom. The zero-order valence-corrected chi connectivity index (χ0v) is 11.8. The summed E-state index contributed by atoms with van der Waals surface area (Å²) in [5.74, 6) is -0.255. The largest absolute Gasteiger partial charge is 0.443 e. The fraction of sp³-hybridized carbons (Fsp3) is 0.429. The molecule has 1 aromatic carbocycles. The number of benzene rings is 1. The lowest BCUT2D eigenvalue weighted by Crippen LogP contribution is -2.42. The minimum absolute atomic E-state index is 0.0740. The van der Waals surface area contributed by atoms with Gasteiger partial charge in [-0.2, -0.15) is 0 Å². The number of anilines is 1. The van der Waals surface area contributed by atoms with Crippen LogP contribution in [0.4, 0.5) is 10.5 Å². The number of amides is 2. The van der Waals surface area contributed by atoms with Gasteiger partial charge in [0.15, 0.2) is 0 Å². The maximum absolute atomic E-state index is 12.1. The smallest absolute Gasteiger partial charge is 0.415 e. The van der Waals surface area contributed by atoms with E-state index in [1.807, 2.05) is 6.07 Å². The second-order valence-electron chi connectivity index (χ2n) is 5.08. The molecule has 0 atom stereocenters. The Morgan fingerprint density at radius 2 is 1.79 bits per heavy atom. The quantitative estimate of drug-likeness (QED) is 0.910. The third-order valence-electron chi connectivity index (χ3n) is 2.26. The fourth-order valence-electron chi connectivity index (χ4n) is 1.41. The highest BCUT2D eigenvalue weighted by Gasteiger charge is 2.24. The average molecular weight is 264 g/mol. The third kappa shape index (κ3) is 4.99. The molecular weight excluding hydrogens is 244 g/mol. The number of hydrogen-bond acceptors (Lipinski definition) is 3. The molecule has 1 rings (SSSR count). The standard InChI is InChI=1S/C14H20N2O3/c1-14(2,3)19-13(18)16(10-12(17)15-4)11-8-6-5-7-9-11/h5-9H,10H2,1-4H3,(H,15,17). The van der Waals surface area contributed by atoms with E-state index >= 15 is 0 Å². The van der Waals surface area contributed by atoms with Crippen molar-refractivity contribution in [2.24, 2.45) is 0 Å². The fourth-order valence-corrected chi connectivity index (χ4v) is 1.41. The number of nitrogens with one attached hydrogen (secondary N) is 1. The molecule has 0 saturated heterocycles. The normalized spacial score (nSPS) is 10.7. The molecule has 0 bridgehead atoms. The van der Waals surface area contributed by atoms with E-state index in [0.29, 0.717) is 5.69 Å². The van der Waals surface area contributed by atoms with Crippen molar-refractivity contribution in [2.75, 3.05) is 18.5 Å². The number of rotatable bonds is 3. The van der Waals surface area contributed by atoms with E-state index in [-0.39, 0.29) is 12.5 Å². The molecule has 0 fully saturated rings. The Morgan fingerprint density at radius 1 is 1.21 bits per heavy atom. The molecule has 2 amide bonds. The lowest BCUT2D eigenvalue weighted by atomic mass is 10.2. The van der Waals surface area contributed by atoms with Crippen LogP contribution in [-0.2, 0) is 9.53 Å². The van der Waals surface area contributed by atoms with Gasteiger partial charge in [0.05, 0.1) is 0 Å². The molecule has 0 spiro atoms. The second-order valence-corrected chi connectivity index (χ2v) is 5.08. The zero-order chi connectivity index (χ0) is 14.5. The maximum atomic E-state index is 12.1. The molecule has 0 aromatic heterocycles. The van der Waals surface area contributed by atoms with Crippen molar-refractivity contribution in [3.05, 3.63) is 30.3 Å². The Labute approximate surface area is 113 Å². The summed E-state index contributed by atoms with van der Waals surface area (Å²) in [6.45, 7) is 5.28. The Kier molecular flexibility index (Phi) is 4.92. The van der Waals surface area contributed by atoms with Gasteiger partial charge in [0.1, 0.15) is 12.1 Å². The van der Waals surface area contributed by atoms with E-state index in [0.717, 1.165) is 0 Å². The summed E-state index contributed by atoms with van der Waals surface area (Å²) in [5, 5.41) is 2.49. The maximum Gasteiger partial charge on any atom is 0.415 e. The van der Waals surface area contributed by atoms with E-state index in [4.69, 9.17) is 4.74 Å². The molecule has 0 aliphatic rings. The number of carbonyl (C=O) groups is 2. The van der Waals surface area contributed by atoms with Crippen LogP contribution in [0.15, 0.2) is 30.3 Å². The molecule has 1 N–H and O–H groups in total. The molecule has 0 aliphatic heterocycles. The van der Waals surface area contributed by atoms with Gasteiger partial charge in [0, 0.05) is 12.7 Å². The van der Waals surface area contributed by atoms with E-state index in [1.54, 1.807) is 45.0 Å². The van der Waals surface area contributed by atoms with Crippen LogP contribution >= 0.6 is 0 Å². The van der Waals surface area contributed by atoms with E-state index in [1.165, 1.54) is 11.9 Å². The SMILES string of the molecule is CNC(=O)CN(C(=O)OC(C)(C)C)c1ccccc1. The number of ether oxygens (including phenoxy) is 1. The molecule has 0 unspecified atom stereocenters. The van der Waals surface area contributed by atoms with Gasteiger partial charge < -0.3 is 10.1 Å². The number of carbonyl (C=O) groups excluding carboxylic acids is 2. The first-order valence-electron chi connectivity index (χ1n) is 6.09. The van der Waals surface area contributed by atoms with Crippen LogP contribution in [-0.4, -0.2) is 31.2 Å². The van der Waals surface area contributed by atoms with Crippen molar-refractivity contribution in [3.8, 4) is 0 Å². The minimum atomic E-state index is -0.604. The predicted molar refractivity (Wildman–Crippen MR) is 74.1 cm³/mol. The summed E-state index contributed by atoms with van der Waals surface area (Å²) >= 11 is 0. The predicted octanol–water partition coefficient (Wildman–Crippen LogP) is 2.17. The van der Waals surface area contributed by atoms with Crippen molar-refractivity contribution < 1.29 is 14.3 Å². The van der Waals surface area contributed by atoms with E-state index in [9.17, 15) is 9.59 Å². The highest BCUT2D eigenvalue weighted by atomic mass is 16.6. The average Bonchev–Trinajstić information content (AvgIpc) is 2.34. The van der Waals surface area contributed by atoms with Gasteiger partial charge in [-0.05, 0) is 32.9 Å². The summed E-state index contributed by atoms with van der Waals surface area (Å²) in [7, 11) is 1.53. The van der Waals surface area contributed by atoms with Gasteiger partial charge >= 0.3 is 6.09 Å². The molecule has 0 radical (unpaired) electrons. The van der Waals surface area contributed by atoms with Crippen LogP contribution in [0.5, 0.6) is 0 Å². The topological polar surface area (TPSA) is 58.6 Å². The lowest BCUT2D eigenvalue weighted by molar-refractivity contribution is -0.119. The molecule has 5 nitrogen and oxygen atoms in total. The monoisotopic (exact) mass is 264 g/mol. The molecule has 104 valence electrons. The summed E-state index contributed by atoms with van der Waals surface area (Å²) in [5.41, 5.74) is 0.0210. The highest BCUT2D eigenvalue weighted by Crippen LogP contribution is 2.17. The van der Waals surface area contributed by atoms with Crippen molar-refractivity contribution in [1.82, 2.24) is 5.32 Å². The second kappa shape index (κ2) is 6.22. The number of likely N-dealkylation sites (N-methyl/N-ethyl adjacent to an activating group) is 1. The first-order valence-corrected chi connectivity index (χ1v) is 6.09.